The van der Waals surface area contributed by atoms with Gasteiger partial charge in [-0.3, -0.25) is 4.84 Å². The summed E-state index contributed by atoms with van der Waals surface area (Å²) in [5.41, 5.74) is 2.37. The Kier molecular flexibility index (Phi) is 3.47. The van der Waals surface area contributed by atoms with E-state index in [4.69, 9.17) is 16.4 Å². The first kappa shape index (κ1) is 10.0. The smallest absolute Gasteiger partial charge is 0.354 e. The largest absolute Gasteiger partial charge is 0.477 e. The summed E-state index contributed by atoms with van der Waals surface area (Å²) in [6, 6.07) is 4.51. The zero-order valence-electron chi connectivity index (χ0n) is 7.23. The van der Waals surface area contributed by atoms with Crippen molar-refractivity contribution < 1.29 is 14.7 Å². The van der Waals surface area contributed by atoms with Gasteiger partial charge < -0.3 is 5.11 Å². The van der Waals surface area contributed by atoms with Crippen LogP contribution < -0.4 is 5.48 Å². The van der Waals surface area contributed by atoms with Crippen molar-refractivity contribution in [3.05, 3.63) is 23.9 Å². The van der Waals surface area contributed by atoms with E-state index in [1.54, 1.807) is 12.1 Å². The molecule has 1 rings (SSSR count). The first-order valence-corrected chi connectivity index (χ1v) is 3.75. The van der Waals surface area contributed by atoms with Crippen LogP contribution in [0.3, 0.4) is 0 Å². The van der Waals surface area contributed by atoms with Gasteiger partial charge >= 0.3 is 5.97 Å². The second kappa shape index (κ2) is 4.84. The van der Waals surface area contributed by atoms with Gasteiger partial charge in [-0.2, -0.15) is 0 Å². The molecule has 0 radical (unpaired) electrons. The van der Waals surface area contributed by atoms with E-state index >= 15 is 0 Å². The molecule has 1 aromatic rings. The molecule has 2 N–H and O–H groups in total. The van der Waals surface area contributed by atoms with Crippen LogP contribution in [0.25, 0.3) is 0 Å². The number of hydrogen-bond acceptors (Lipinski definition) is 4. The summed E-state index contributed by atoms with van der Waals surface area (Å²) in [5.74, 6) is 1.46. The minimum absolute atomic E-state index is 0.0562. The van der Waals surface area contributed by atoms with Crippen LogP contribution >= 0.6 is 0 Å². The number of aromatic carboxylic acids is 1. The number of terminal acetylenes is 1. The second-order valence-corrected chi connectivity index (χ2v) is 2.31. The average Bonchev–Trinajstić information content (AvgIpc) is 2.19. The topological polar surface area (TPSA) is 71.5 Å². The number of hydrogen-bond donors (Lipinski definition) is 2. The monoisotopic (exact) mass is 192 g/mol. The fraction of sp³-hybridized carbons (Fsp3) is 0.111. The molecule has 5 heteroatoms. The number of aromatic nitrogens is 1. The quantitative estimate of drug-likeness (QED) is 0.418. The van der Waals surface area contributed by atoms with Gasteiger partial charge in [-0.15, -0.1) is 6.42 Å². The molecule has 0 aliphatic rings. The summed E-state index contributed by atoms with van der Waals surface area (Å²) in [6.07, 6.45) is 4.94. The van der Waals surface area contributed by atoms with E-state index in [0.717, 1.165) is 0 Å². The summed E-state index contributed by atoms with van der Waals surface area (Å²) >= 11 is 0. The van der Waals surface area contributed by atoms with Gasteiger partial charge in [0.15, 0.2) is 11.5 Å². The molecule has 5 nitrogen and oxygen atoms in total. The van der Waals surface area contributed by atoms with E-state index in [9.17, 15) is 4.79 Å². The third kappa shape index (κ3) is 2.77. The summed E-state index contributed by atoms with van der Waals surface area (Å²) in [6.45, 7) is 0.0823. The highest BCUT2D eigenvalue weighted by atomic mass is 16.6. The van der Waals surface area contributed by atoms with Gasteiger partial charge in [0.2, 0.25) is 0 Å². The fourth-order valence-electron chi connectivity index (χ4n) is 0.762. The van der Waals surface area contributed by atoms with Gasteiger partial charge in [-0.05, 0) is 12.1 Å². The predicted octanol–water partition coefficient (Wildman–Crippen LogP) is 0.756. The lowest BCUT2D eigenvalue weighted by atomic mass is 10.3. The molecule has 0 saturated carbocycles. The Morgan fingerprint density at radius 3 is 3.14 bits per heavy atom. The van der Waals surface area contributed by atoms with E-state index in [1.807, 2.05) is 0 Å². The average molecular weight is 192 g/mol. The number of nitrogens with one attached hydrogen (secondary N) is 1. The Morgan fingerprint density at radius 1 is 1.71 bits per heavy atom. The highest BCUT2D eigenvalue weighted by Crippen LogP contribution is 2.04. The van der Waals surface area contributed by atoms with Crippen LogP contribution in [0.5, 0.6) is 0 Å². The molecule has 0 fully saturated rings. The third-order valence-electron chi connectivity index (χ3n) is 1.30. The Bertz CT molecular complexity index is 371. The van der Waals surface area contributed by atoms with E-state index < -0.39 is 5.97 Å². The molecule has 1 heterocycles. The molecule has 0 spiro atoms. The zero-order valence-corrected chi connectivity index (χ0v) is 7.23. The van der Waals surface area contributed by atoms with E-state index in [2.05, 4.69) is 16.4 Å². The summed E-state index contributed by atoms with van der Waals surface area (Å²) in [4.78, 5) is 19.0. The van der Waals surface area contributed by atoms with Crippen molar-refractivity contribution in [2.24, 2.45) is 0 Å². The molecular weight excluding hydrogens is 184 g/mol. The Balaban J connectivity index is 2.65. The van der Waals surface area contributed by atoms with E-state index in [1.165, 1.54) is 6.07 Å². The van der Waals surface area contributed by atoms with Gasteiger partial charge in [-0.1, -0.05) is 12.0 Å². The summed E-state index contributed by atoms with van der Waals surface area (Å²) in [5, 5.41) is 8.62. The second-order valence-electron chi connectivity index (χ2n) is 2.31. The lowest BCUT2D eigenvalue weighted by Crippen LogP contribution is -2.06. The van der Waals surface area contributed by atoms with Crippen molar-refractivity contribution in [3.63, 3.8) is 0 Å². The Morgan fingerprint density at radius 2 is 2.50 bits per heavy atom. The lowest BCUT2D eigenvalue weighted by molar-refractivity contribution is 0.0690. The maximum Gasteiger partial charge on any atom is 0.354 e. The number of carbonyl (C=O) groups is 1. The summed E-state index contributed by atoms with van der Waals surface area (Å²) < 4.78 is 0. The number of pyridine rings is 1. The maximum atomic E-state index is 10.5. The molecule has 14 heavy (non-hydrogen) atoms. The maximum absolute atomic E-state index is 10.5. The standard InChI is InChI=1S/C9H8N2O3/c1-2-6-14-11-8-5-3-4-7(10-8)9(12)13/h1,3-5H,6H2,(H,10,11)(H,12,13). The fourth-order valence-corrected chi connectivity index (χ4v) is 0.762. The normalized spacial score (nSPS) is 9.07. The van der Waals surface area contributed by atoms with Crippen LogP contribution in [0.4, 0.5) is 5.82 Å². The minimum atomic E-state index is -1.09. The molecule has 0 aliphatic carbocycles. The Labute approximate surface area is 80.7 Å². The number of carboxylic acid groups (broad SMARTS) is 1. The third-order valence-corrected chi connectivity index (χ3v) is 1.30. The molecule has 1 aromatic heterocycles. The number of anilines is 1. The molecular formula is C9H8N2O3. The van der Waals surface area contributed by atoms with Gasteiger partial charge in [0, 0.05) is 0 Å². The van der Waals surface area contributed by atoms with Crippen LogP contribution in [-0.4, -0.2) is 22.7 Å². The molecule has 0 saturated heterocycles. The van der Waals surface area contributed by atoms with Crippen molar-refractivity contribution in [2.45, 2.75) is 0 Å². The molecule has 0 aromatic carbocycles. The van der Waals surface area contributed by atoms with E-state index in [0.29, 0.717) is 5.82 Å². The lowest BCUT2D eigenvalue weighted by Gasteiger charge is -2.03. The molecule has 0 atom stereocenters. The van der Waals surface area contributed by atoms with Crippen LogP contribution in [-0.2, 0) is 4.84 Å². The molecule has 0 aliphatic heterocycles. The Hall–Kier alpha value is -2.06. The molecule has 0 bridgehead atoms. The first-order chi connectivity index (χ1) is 6.74. The van der Waals surface area contributed by atoms with Gasteiger partial charge in [-0.25, -0.2) is 15.3 Å². The predicted molar refractivity (Wildman–Crippen MR) is 49.6 cm³/mol. The highest BCUT2D eigenvalue weighted by Gasteiger charge is 2.04. The number of rotatable bonds is 4. The highest BCUT2D eigenvalue weighted by molar-refractivity contribution is 5.85. The molecule has 0 amide bonds. The van der Waals surface area contributed by atoms with Gasteiger partial charge in [0.05, 0.1) is 0 Å². The van der Waals surface area contributed by atoms with Crippen molar-refractivity contribution in [1.82, 2.24) is 4.98 Å². The van der Waals surface area contributed by atoms with Crippen molar-refractivity contribution in [3.8, 4) is 12.3 Å². The zero-order chi connectivity index (χ0) is 10.4. The molecule has 72 valence electrons. The molecule has 0 unspecified atom stereocenters. The van der Waals surface area contributed by atoms with Crippen LogP contribution in [0, 0.1) is 12.3 Å². The van der Waals surface area contributed by atoms with Gasteiger partial charge in [0.25, 0.3) is 0 Å². The van der Waals surface area contributed by atoms with Crippen molar-refractivity contribution >= 4 is 11.8 Å². The van der Waals surface area contributed by atoms with Crippen molar-refractivity contribution in [1.29, 1.82) is 0 Å². The van der Waals surface area contributed by atoms with Crippen LogP contribution in [0.15, 0.2) is 18.2 Å². The van der Waals surface area contributed by atoms with Crippen LogP contribution in [0.2, 0.25) is 0 Å². The minimum Gasteiger partial charge on any atom is -0.477 e. The van der Waals surface area contributed by atoms with E-state index in [-0.39, 0.29) is 12.3 Å². The number of carboxylic acids is 1. The van der Waals surface area contributed by atoms with Gasteiger partial charge in [0.1, 0.15) is 6.61 Å². The van der Waals surface area contributed by atoms with Crippen LogP contribution in [0.1, 0.15) is 10.5 Å². The van der Waals surface area contributed by atoms with Crippen molar-refractivity contribution in [2.75, 3.05) is 12.1 Å². The first-order valence-electron chi connectivity index (χ1n) is 3.75. The number of nitrogens with zero attached hydrogens (tertiary/aromatic N) is 1. The SMILES string of the molecule is C#CCONc1cccc(C(=O)O)n1. The summed E-state index contributed by atoms with van der Waals surface area (Å²) in [7, 11) is 0.